The van der Waals surface area contributed by atoms with Crippen LogP contribution in [0.25, 0.3) is 11.0 Å². The number of fused-ring (bicyclic) bond motifs is 1. The summed E-state index contributed by atoms with van der Waals surface area (Å²) >= 11 is 0. The number of carbonyl (C=O) groups is 1. The molecule has 1 aromatic carbocycles. The Labute approximate surface area is 167 Å². The lowest BCUT2D eigenvalue weighted by molar-refractivity contribution is -0.139. The predicted molar refractivity (Wildman–Crippen MR) is 109 cm³/mol. The topological polar surface area (TPSA) is 61.0 Å². The number of imidazole rings is 1. The molecule has 1 spiro atoms. The molecular formula is C19H28Cl2N4O. The van der Waals surface area contributed by atoms with E-state index in [4.69, 9.17) is 4.98 Å². The number of aromatic amines is 1. The number of H-pyrrole nitrogens is 1. The summed E-state index contributed by atoms with van der Waals surface area (Å²) in [5.41, 5.74) is 4.89. The lowest BCUT2D eigenvalue weighted by atomic mass is 9.73. The first-order chi connectivity index (χ1) is 11.5. The van der Waals surface area contributed by atoms with Crippen molar-refractivity contribution < 1.29 is 4.79 Å². The lowest BCUT2D eigenvalue weighted by Gasteiger charge is -2.45. The van der Waals surface area contributed by atoms with Crippen LogP contribution in [0.4, 0.5) is 0 Å². The highest BCUT2D eigenvalue weighted by atomic mass is 35.5. The van der Waals surface area contributed by atoms with Gasteiger partial charge in [0.2, 0.25) is 5.91 Å². The minimum Gasteiger partial charge on any atom is -0.340 e. The molecule has 0 saturated carbocycles. The Hall–Kier alpha value is -1.30. The van der Waals surface area contributed by atoms with Crippen LogP contribution in [0.3, 0.4) is 0 Å². The first-order valence-corrected chi connectivity index (χ1v) is 8.99. The van der Waals surface area contributed by atoms with Gasteiger partial charge in [-0.15, -0.1) is 24.8 Å². The zero-order valence-corrected chi connectivity index (χ0v) is 17.1. The first-order valence-electron chi connectivity index (χ1n) is 8.99. The van der Waals surface area contributed by atoms with Crippen LogP contribution in [0, 0.1) is 19.3 Å². The van der Waals surface area contributed by atoms with Gasteiger partial charge >= 0.3 is 0 Å². The van der Waals surface area contributed by atoms with E-state index in [0.717, 1.165) is 42.9 Å². The zero-order chi connectivity index (χ0) is 16.7. The summed E-state index contributed by atoms with van der Waals surface area (Å²) in [6.07, 6.45) is 4.07. The summed E-state index contributed by atoms with van der Waals surface area (Å²) in [5, 5.41) is 3.44. The van der Waals surface area contributed by atoms with Gasteiger partial charge in [-0.05, 0) is 74.9 Å². The molecule has 26 heavy (non-hydrogen) atoms. The standard InChI is InChI=1S/C19H26N4O.2ClH/c1-13-9-15-16(10-14(13)2)22-17(21-15)11-23-12-19(4-3-18(23)24)5-7-20-8-6-19;;/h9-10,20H,3-8,11-12H2,1-2H3,(H,21,22);2*1H. The number of halogens is 2. The third-order valence-electron chi connectivity index (χ3n) is 5.90. The van der Waals surface area contributed by atoms with E-state index in [-0.39, 0.29) is 30.7 Å². The quantitative estimate of drug-likeness (QED) is 0.813. The number of piperidine rings is 2. The van der Waals surface area contributed by atoms with Crippen molar-refractivity contribution in [3.05, 3.63) is 29.1 Å². The summed E-state index contributed by atoms with van der Waals surface area (Å²) in [5.74, 6) is 1.17. The Morgan fingerprint density at radius 1 is 1.12 bits per heavy atom. The molecule has 2 aromatic rings. The van der Waals surface area contributed by atoms with Crippen molar-refractivity contribution in [2.75, 3.05) is 19.6 Å². The number of amides is 1. The van der Waals surface area contributed by atoms with Crippen molar-refractivity contribution in [2.45, 2.75) is 46.1 Å². The summed E-state index contributed by atoms with van der Waals surface area (Å²) in [4.78, 5) is 22.6. The molecule has 3 heterocycles. The molecule has 1 aromatic heterocycles. The van der Waals surface area contributed by atoms with Crippen molar-refractivity contribution in [3.8, 4) is 0 Å². The molecule has 2 saturated heterocycles. The molecule has 4 rings (SSSR count). The molecule has 0 aliphatic carbocycles. The Balaban J connectivity index is 0.00000121. The Morgan fingerprint density at radius 3 is 2.54 bits per heavy atom. The highest BCUT2D eigenvalue weighted by Crippen LogP contribution is 2.38. The van der Waals surface area contributed by atoms with Crippen LogP contribution in [0.5, 0.6) is 0 Å². The smallest absolute Gasteiger partial charge is 0.223 e. The van der Waals surface area contributed by atoms with Gasteiger partial charge in [0.25, 0.3) is 0 Å². The SMILES string of the molecule is Cc1cc2nc(CN3CC4(CCNCC4)CCC3=O)[nH]c2cc1C.Cl.Cl. The second-order valence-corrected chi connectivity index (χ2v) is 7.64. The predicted octanol–water partition coefficient (Wildman–Crippen LogP) is 3.52. The van der Waals surface area contributed by atoms with Crippen molar-refractivity contribution in [2.24, 2.45) is 5.41 Å². The third kappa shape index (κ3) is 4.00. The number of likely N-dealkylation sites (tertiary alicyclic amines) is 1. The molecule has 0 radical (unpaired) electrons. The fourth-order valence-electron chi connectivity index (χ4n) is 4.19. The van der Waals surface area contributed by atoms with Crippen LogP contribution in [0.15, 0.2) is 12.1 Å². The molecule has 0 bridgehead atoms. The van der Waals surface area contributed by atoms with E-state index in [1.807, 2.05) is 4.90 Å². The van der Waals surface area contributed by atoms with E-state index in [1.165, 1.54) is 24.0 Å². The van der Waals surface area contributed by atoms with Crippen LogP contribution in [-0.2, 0) is 11.3 Å². The average Bonchev–Trinajstić information content (AvgIpc) is 2.94. The molecule has 5 nitrogen and oxygen atoms in total. The van der Waals surface area contributed by atoms with Gasteiger partial charge in [-0.3, -0.25) is 4.79 Å². The van der Waals surface area contributed by atoms with Crippen molar-refractivity contribution in [1.82, 2.24) is 20.2 Å². The number of hydrogen-bond donors (Lipinski definition) is 2. The molecule has 0 unspecified atom stereocenters. The summed E-state index contributed by atoms with van der Waals surface area (Å²) in [7, 11) is 0. The molecule has 2 N–H and O–H groups in total. The molecule has 0 atom stereocenters. The van der Waals surface area contributed by atoms with Gasteiger partial charge in [0.15, 0.2) is 0 Å². The number of aryl methyl sites for hydroxylation is 2. The number of hydrogen-bond acceptors (Lipinski definition) is 3. The maximum atomic E-state index is 12.4. The van der Waals surface area contributed by atoms with Crippen molar-refractivity contribution >= 4 is 41.8 Å². The summed E-state index contributed by atoms with van der Waals surface area (Å²) in [6.45, 7) is 7.85. The zero-order valence-electron chi connectivity index (χ0n) is 15.4. The maximum Gasteiger partial charge on any atom is 0.223 e. The van der Waals surface area contributed by atoms with E-state index in [9.17, 15) is 4.79 Å². The largest absolute Gasteiger partial charge is 0.340 e. The molecular weight excluding hydrogens is 371 g/mol. The fourth-order valence-corrected chi connectivity index (χ4v) is 4.19. The van der Waals surface area contributed by atoms with Crippen LogP contribution < -0.4 is 5.32 Å². The molecule has 2 aliphatic rings. The summed E-state index contributed by atoms with van der Waals surface area (Å²) in [6, 6.07) is 4.27. The highest BCUT2D eigenvalue weighted by Gasteiger charge is 2.39. The van der Waals surface area contributed by atoms with Crippen LogP contribution >= 0.6 is 24.8 Å². The number of nitrogens with zero attached hydrogens (tertiary/aromatic N) is 2. The minimum absolute atomic E-state index is 0. The molecule has 2 fully saturated rings. The second kappa shape index (κ2) is 8.15. The maximum absolute atomic E-state index is 12.4. The lowest BCUT2D eigenvalue weighted by Crippen LogP contribution is -2.50. The van der Waals surface area contributed by atoms with Gasteiger partial charge < -0.3 is 15.2 Å². The summed E-state index contributed by atoms with van der Waals surface area (Å²) < 4.78 is 0. The number of carbonyl (C=O) groups excluding carboxylic acids is 1. The average molecular weight is 399 g/mol. The third-order valence-corrected chi connectivity index (χ3v) is 5.90. The van der Waals surface area contributed by atoms with Gasteiger partial charge in [0.05, 0.1) is 17.6 Å². The normalized spacial score (nSPS) is 19.3. The highest BCUT2D eigenvalue weighted by molar-refractivity contribution is 5.85. The monoisotopic (exact) mass is 398 g/mol. The number of aromatic nitrogens is 2. The fraction of sp³-hybridized carbons (Fsp3) is 0.579. The second-order valence-electron chi connectivity index (χ2n) is 7.64. The van der Waals surface area contributed by atoms with Crippen molar-refractivity contribution in [1.29, 1.82) is 0 Å². The first kappa shape index (κ1) is 21.0. The molecule has 7 heteroatoms. The molecule has 144 valence electrons. The number of rotatable bonds is 2. The van der Waals surface area contributed by atoms with Gasteiger partial charge in [0.1, 0.15) is 5.82 Å². The van der Waals surface area contributed by atoms with Crippen LogP contribution in [0.1, 0.15) is 42.6 Å². The number of benzene rings is 1. The van der Waals surface area contributed by atoms with E-state index in [2.05, 4.69) is 36.3 Å². The van der Waals surface area contributed by atoms with Crippen molar-refractivity contribution in [3.63, 3.8) is 0 Å². The minimum atomic E-state index is 0. The van der Waals surface area contributed by atoms with E-state index in [0.29, 0.717) is 18.4 Å². The van der Waals surface area contributed by atoms with Crippen LogP contribution in [0.2, 0.25) is 0 Å². The van der Waals surface area contributed by atoms with E-state index >= 15 is 0 Å². The van der Waals surface area contributed by atoms with Gasteiger partial charge in [-0.2, -0.15) is 0 Å². The molecule has 2 aliphatic heterocycles. The van der Waals surface area contributed by atoms with Crippen LogP contribution in [-0.4, -0.2) is 40.4 Å². The van der Waals surface area contributed by atoms with E-state index < -0.39 is 0 Å². The van der Waals surface area contributed by atoms with Gasteiger partial charge in [-0.1, -0.05) is 0 Å². The van der Waals surface area contributed by atoms with E-state index in [1.54, 1.807) is 0 Å². The van der Waals surface area contributed by atoms with Gasteiger partial charge in [-0.25, -0.2) is 4.98 Å². The number of nitrogens with one attached hydrogen (secondary N) is 2. The Kier molecular flexibility index (Phi) is 6.59. The molecule has 1 amide bonds. The Bertz CT molecular complexity index is 744. The Morgan fingerprint density at radius 2 is 1.81 bits per heavy atom. The van der Waals surface area contributed by atoms with Gasteiger partial charge in [0, 0.05) is 13.0 Å².